The Hall–Kier alpha value is -2.09. The zero-order valence-electron chi connectivity index (χ0n) is 11.5. The van der Waals surface area contributed by atoms with Crippen LogP contribution < -0.4 is 5.32 Å². The van der Waals surface area contributed by atoms with E-state index < -0.39 is 5.97 Å². The molecule has 1 atom stereocenters. The molecule has 0 bridgehead atoms. The molecule has 0 aromatic carbocycles. The van der Waals surface area contributed by atoms with Crippen molar-refractivity contribution in [1.29, 1.82) is 0 Å². The predicted octanol–water partition coefficient (Wildman–Crippen LogP) is 0.854. The van der Waals surface area contributed by atoms with Gasteiger partial charge in [-0.2, -0.15) is 5.10 Å². The van der Waals surface area contributed by atoms with Gasteiger partial charge in [0.1, 0.15) is 0 Å². The number of aromatic nitrogens is 2. The zero-order valence-corrected chi connectivity index (χ0v) is 11.5. The number of carbonyl (C=O) groups is 2. The number of ether oxygens (including phenoxy) is 1. The molecule has 0 spiro atoms. The van der Waals surface area contributed by atoms with Gasteiger partial charge in [-0.25, -0.2) is 9.59 Å². The van der Waals surface area contributed by atoms with Crippen molar-refractivity contribution < 1.29 is 19.4 Å². The maximum absolute atomic E-state index is 12.1. The summed E-state index contributed by atoms with van der Waals surface area (Å²) in [6, 6.07) is -0.331. The summed E-state index contributed by atoms with van der Waals surface area (Å²) < 4.78 is 6.67. The van der Waals surface area contributed by atoms with Crippen LogP contribution in [-0.2, 0) is 11.3 Å². The average molecular weight is 282 g/mol. The molecule has 0 unspecified atom stereocenters. The smallest absolute Gasteiger partial charge is 0.358 e. The van der Waals surface area contributed by atoms with Crippen molar-refractivity contribution in [2.24, 2.45) is 0 Å². The Kier molecular flexibility index (Phi) is 4.23. The van der Waals surface area contributed by atoms with E-state index in [2.05, 4.69) is 10.4 Å². The number of nitrogens with zero attached hydrogens (tertiary/aromatic N) is 3. The number of methoxy groups -OCH3 is 1. The van der Waals surface area contributed by atoms with E-state index in [-0.39, 0.29) is 23.5 Å². The second-order valence-electron chi connectivity index (χ2n) is 4.57. The molecule has 8 nitrogen and oxygen atoms in total. The molecule has 1 aliphatic rings. The molecule has 2 rings (SSSR count). The molecule has 20 heavy (non-hydrogen) atoms. The van der Waals surface area contributed by atoms with Crippen LogP contribution in [0.15, 0.2) is 6.20 Å². The summed E-state index contributed by atoms with van der Waals surface area (Å²) in [6.07, 6.45) is 2.34. The van der Waals surface area contributed by atoms with Gasteiger partial charge in [-0.15, -0.1) is 0 Å². The summed E-state index contributed by atoms with van der Waals surface area (Å²) in [4.78, 5) is 24.8. The van der Waals surface area contributed by atoms with Gasteiger partial charge in [0, 0.05) is 32.9 Å². The van der Waals surface area contributed by atoms with Crippen molar-refractivity contribution in [3.8, 4) is 0 Å². The van der Waals surface area contributed by atoms with E-state index in [1.807, 2.05) is 6.92 Å². The summed E-state index contributed by atoms with van der Waals surface area (Å²) in [7, 11) is 1.61. The number of nitrogens with one attached hydrogen (secondary N) is 1. The van der Waals surface area contributed by atoms with Crippen molar-refractivity contribution in [2.75, 3.05) is 25.5 Å². The van der Waals surface area contributed by atoms with Gasteiger partial charge in [-0.3, -0.25) is 4.68 Å². The quantitative estimate of drug-likeness (QED) is 0.853. The van der Waals surface area contributed by atoms with Gasteiger partial charge in [0.05, 0.1) is 11.8 Å². The number of carboxylic acid groups (broad SMARTS) is 1. The van der Waals surface area contributed by atoms with Crippen LogP contribution in [0.4, 0.5) is 10.5 Å². The first kappa shape index (κ1) is 14.3. The lowest BCUT2D eigenvalue weighted by Gasteiger charge is -2.16. The van der Waals surface area contributed by atoms with E-state index in [4.69, 9.17) is 9.84 Å². The van der Waals surface area contributed by atoms with E-state index in [1.54, 1.807) is 12.0 Å². The zero-order chi connectivity index (χ0) is 14.7. The topological polar surface area (TPSA) is 96.7 Å². The number of hydrogen-bond donors (Lipinski definition) is 2. The number of aromatic carboxylic acids is 1. The number of amides is 2. The molecule has 1 aromatic rings. The molecule has 2 heterocycles. The average Bonchev–Trinajstić information content (AvgIpc) is 3.04. The van der Waals surface area contributed by atoms with Gasteiger partial charge < -0.3 is 20.1 Å². The minimum absolute atomic E-state index is 0.0399. The van der Waals surface area contributed by atoms with Gasteiger partial charge in [-0.05, 0) is 13.3 Å². The fourth-order valence-corrected chi connectivity index (χ4v) is 2.13. The molecule has 1 saturated heterocycles. The Balaban J connectivity index is 2.08. The van der Waals surface area contributed by atoms with E-state index in [0.29, 0.717) is 19.6 Å². The van der Waals surface area contributed by atoms with Crippen LogP contribution in [0.3, 0.4) is 0 Å². The van der Waals surface area contributed by atoms with Crippen LogP contribution in [0.5, 0.6) is 0 Å². The maximum atomic E-state index is 12.1. The normalized spacial score (nSPS) is 18.3. The van der Waals surface area contributed by atoms with E-state index >= 15 is 0 Å². The minimum atomic E-state index is -1.16. The summed E-state index contributed by atoms with van der Waals surface area (Å²) in [5, 5.41) is 15.6. The summed E-state index contributed by atoms with van der Waals surface area (Å²) in [5.74, 6) is -1.16. The Morgan fingerprint density at radius 3 is 2.90 bits per heavy atom. The van der Waals surface area contributed by atoms with Crippen molar-refractivity contribution in [3.63, 3.8) is 0 Å². The van der Waals surface area contributed by atoms with Crippen LogP contribution in [0, 0.1) is 0 Å². The highest BCUT2D eigenvalue weighted by Gasteiger charge is 2.27. The molecule has 0 radical (unpaired) electrons. The van der Waals surface area contributed by atoms with Crippen molar-refractivity contribution >= 4 is 17.7 Å². The first-order valence-electron chi connectivity index (χ1n) is 6.44. The second kappa shape index (κ2) is 5.91. The fraction of sp³-hybridized carbons (Fsp3) is 0.583. The molecular weight excluding hydrogens is 264 g/mol. The number of anilines is 1. The third-order valence-corrected chi connectivity index (χ3v) is 3.30. The second-order valence-corrected chi connectivity index (χ2v) is 4.57. The molecular formula is C12H18N4O4. The summed E-state index contributed by atoms with van der Waals surface area (Å²) in [5.41, 5.74) is 0.0629. The Morgan fingerprint density at radius 1 is 1.60 bits per heavy atom. The molecule has 1 fully saturated rings. The molecule has 2 amide bonds. The Labute approximate surface area is 116 Å². The highest BCUT2D eigenvalue weighted by molar-refractivity contribution is 5.98. The van der Waals surface area contributed by atoms with Crippen molar-refractivity contribution in [3.05, 3.63) is 11.9 Å². The van der Waals surface area contributed by atoms with Crippen LogP contribution in [0.2, 0.25) is 0 Å². The van der Waals surface area contributed by atoms with Gasteiger partial charge in [0.15, 0.2) is 5.69 Å². The minimum Gasteiger partial charge on any atom is -0.476 e. The van der Waals surface area contributed by atoms with Gasteiger partial charge in [0.2, 0.25) is 0 Å². The summed E-state index contributed by atoms with van der Waals surface area (Å²) >= 11 is 0. The van der Waals surface area contributed by atoms with Crippen LogP contribution >= 0.6 is 0 Å². The van der Waals surface area contributed by atoms with Gasteiger partial charge >= 0.3 is 12.0 Å². The lowest BCUT2D eigenvalue weighted by Crippen LogP contribution is -2.34. The van der Waals surface area contributed by atoms with Crippen molar-refractivity contribution in [1.82, 2.24) is 14.7 Å². The van der Waals surface area contributed by atoms with Crippen molar-refractivity contribution in [2.45, 2.75) is 26.0 Å². The first-order valence-corrected chi connectivity index (χ1v) is 6.44. The standard InChI is InChI=1S/C12H18N4O4/c1-3-16-7-9(10(14-16)11(17)18)13-12(19)15-5-4-8(6-15)20-2/h7-8H,3-6H2,1-2H3,(H,13,19)(H,17,18)/t8-/m0/s1. The first-order chi connectivity index (χ1) is 9.55. The SMILES string of the molecule is CCn1cc(NC(=O)N2CC[C@H](OC)C2)c(C(=O)O)n1. The Bertz CT molecular complexity index is 514. The number of carbonyl (C=O) groups excluding carboxylic acids is 1. The molecule has 0 saturated carbocycles. The predicted molar refractivity (Wildman–Crippen MR) is 70.9 cm³/mol. The van der Waals surface area contributed by atoms with Crippen LogP contribution in [0.25, 0.3) is 0 Å². The number of urea groups is 1. The number of rotatable bonds is 4. The highest BCUT2D eigenvalue weighted by Crippen LogP contribution is 2.17. The third-order valence-electron chi connectivity index (χ3n) is 3.30. The van der Waals surface area contributed by atoms with E-state index in [0.717, 1.165) is 6.42 Å². The fourth-order valence-electron chi connectivity index (χ4n) is 2.13. The number of aryl methyl sites for hydroxylation is 1. The van der Waals surface area contributed by atoms with Gasteiger partial charge in [0.25, 0.3) is 0 Å². The third kappa shape index (κ3) is 2.90. The van der Waals surface area contributed by atoms with Crippen LogP contribution in [0.1, 0.15) is 23.8 Å². The molecule has 2 N–H and O–H groups in total. The van der Waals surface area contributed by atoms with Crippen LogP contribution in [-0.4, -0.2) is 58.1 Å². The molecule has 8 heteroatoms. The van der Waals surface area contributed by atoms with E-state index in [1.165, 1.54) is 10.9 Å². The maximum Gasteiger partial charge on any atom is 0.358 e. The lowest BCUT2D eigenvalue weighted by atomic mass is 10.3. The molecule has 1 aliphatic heterocycles. The summed E-state index contributed by atoms with van der Waals surface area (Å²) in [6.45, 7) is 3.47. The van der Waals surface area contributed by atoms with E-state index in [9.17, 15) is 9.59 Å². The number of hydrogen-bond acceptors (Lipinski definition) is 4. The molecule has 0 aliphatic carbocycles. The highest BCUT2D eigenvalue weighted by atomic mass is 16.5. The Morgan fingerprint density at radius 2 is 2.35 bits per heavy atom. The number of likely N-dealkylation sites (tertiary alicyclic amines) is 1. The van der Waals surface area contributed by atoms with Gasteiger partial charge in [-0.1, -0.05) is 0 Å². The molecule has 110 valence electrons. The lowest BCUT2D eigenvalue weighted by molar-refractivity contribution is 0.0690. The monoisotopic (exact) mass is 282 g/mol. The molecule has 1 aromatic heterocycles. The number of carboxylic acids is 1. The largest absolute Gasteiger partial charge is 0.476 e.